The van der Waals surface area contributed by atoms with Crippen molar-refractivity contribution in [2.45, 2.75) is 6.42 Å². The van der Waals surface area contributed by atoms with Crippen molar-refractivity contribution in [2.24, 2.45) is 4.99 Å². The summed E-state index contributed by atoms with van der Waals surface area (Å²) in [7, 11) is 0. The molecule has 2 heteroatoms. The monoisotopic (exact) mass is 463 g/mol. The molecule has 5 aromatic carbocycles. The topological polar surface area (TPSA) is 25.5 Å². The van der Waals surface area contributed by atoms with Crippen molar-refractivity contribution in [1.29, 1.82) is 0 Å². The summed E-state index contributed by atoms with van der Waals surface area (Å²) in [5.41, 5.74) is 8.47. The van der Waals surface area contributed by atoms with Crippen molar-refractivity contribution in [3.8, 4) is 11.1 Å². The van der Waals surface area contributed by atoms with Crippen LogP contribution in [0.15, 0.2) is 143 Å². The molecule has 6 rings (SSSR count). The summed E-state index contributed by atoms with van der Waals surface area (Å²) in [5.74, 6) is 0. The van der Waals surface area contributed by atoms with Crippen LogP contribution in [0.1, 0.15) is 16.7 Å². The zero-order chi connectivity index (χ0) is 24.2. The molecule has 0 N–H and O–H groups in total. The molecule has 0 aliphatic carbocycles. The maximum Gasteiger partial charge on any atom is 0.136 e. The van der Waals surface area contributed by atoms with Crippen molar-refractivity contribution in [2.75, 3.05) is 0 Å². The molecule has 0 saturated heterocycles. The molecule has 0 spiro atoms. The van der Waals surface area contributed by atoms with Gasteiger partial charge in [0.1, 0.15) is 11.2 Å². The average molecular weight is 464 g/mol. The summed E-state index contributed by atoms with van der Waals surface area (Å²) >= 11 is 0. The molecule has 172 valence electrons. The molecule has 0 aliphatic rings. The van der Waals surface area contributed by atoms with Crippen LogP contribution in [0, 0.1) is 0 Å². The van der Waals surface area contributed by atoms with Crippen LogP contribution >= 0.6 is 0 Å². The summed E-state index contributed by atoms with van der Waals surface area (Å²) in [4.78, 5) is 4.99. The van der Waals surface area contributed by atoms with Crippen molar-refractivity contribution in [1.82, 2.24) is 0 Å². The Kier molecular flexibility index (Phi) is 5.99. The van der Waals surface area contributed by atoms with Crippen LogP contribution in [0.3, 0.4) is 0 Å². The Balaban J connectivity index is 1.43. The number of hydrogen-bond acceptors (Lipinski definition) is 2. The third-order valence-electron chi connectivity index (χ3n) is 6.42. The first-order valence-corrected chi connectivity index (χ1v) is 12.2. The summed E-state index contributed by atoms with van der Waals surface area (Å²) in [6.07, 6.45) is 4.99. The largest absolute Gasteiger partial charge is 0.456 e. The second-order valence-electron chi connectivity index (χ2n) is 8.80. The summed E-state index contributed by atoms with van der Waals surface area (Å²) in [6, 6.07) is 43.8. The lowest BCUT2D eigenvalue weighted by Gasteiger charge is -2.04. The summed E-state index contributed by atoms with van der Waals surface area (Å²) < 4.78 is 6.20. The molecule has 36 heavy (non-hydrogen) atoms. The molecular weight excluding hydrogens is 438 g/mol. The van der Waals surface area contributed by atoms with Gasteiger partial charge >= 0.3 is 0 Å². The second-order valence-corrected chi connectivity index (χ2v) is 8.80. The van der Waals surface area contributed by atoms with E-state index in [0.717, 1.165) is 45.2 Å². The lowest BCUT2D eigenvalue weighted by Crippen LogP contribution is -1.88. The Hall–Kier alpha value is -4.69. The van der Waals surface area contributed by atoms with Gasteiger partial charge in [0.15, 0.2) is 0 Å². The lowest BCUT2D eigenvalue weighted by atomic mass is 10.0. The quantitative estimate of drug-likeness (QED) is 0.226. The predicted octanol–water partition coefficient (Wildman–Crippen LogP) is 8.96. The van der Waals surface area contributed by atoms with Gasteiger partial charge in [0, 0.05) is 22.6 Å². The highest BCUT2D eigenvalue weighted by Gasteiger charge is 2.12. The molecule has 1 aromatic heterocycles. The van der Waals surface area contributed by atoms with E-state index < -0.39 is 0 Å². The van der Waals surface area contributed by atoms with Crippen molar-refractivity contribution >= 4 is 33.9 Å². The van der Waals surface area contributed by atoms with Gasteiger partial charge in [-0.2, -0.15) is 0 Å². The van der Waals surface area contributed by atoms with Crippen molar-refractivity contribution in [3.63, 3.8) is 0 Å². The van der Waals surface area contributed by atoms with E-state index in [4.69, 9.17) is 9.41 Å². The lowest BCUT2D eigenvalue weighted by molar-refractivity contribution is 0.669. The van der Waals surface area contributed by atoms with E-state index in [0.29, 0.717) is 0 Å². The highest BCUT2D eigenvalue weighted by atomic mass is 16.3. The number of hydrogen-bond donors (Lipinski definition) is 0. The minimum Gasteiger partial charge on any atom is -0.456 e. The highest BCUT2D eigenvalue weighted by molar-refractivity contribution is 6.14. The van der Waals surface area contributed by atoms with Crippen LogP contribution in [-0.4, -0.2) is 6.21 Å². The van der Waals surface area contributed by atoms with Gasteiger partial charge in [0.05, 0.1) is 5.70 Å². The van der Waals surface area contributed by atoms with Crippen LogP contribution in [0.2, 0.25) is 0 Å². The number of fused-ring (bicyclic) bond motifs is 3. The van der Waals surface area contributed by atoms with Crippen LogP contribution < -0.4 is 0 Å². The summed E-state index contributed by atoms with van der Waals surface area (Å²) in [6.45, 7) is 0. The van der Waals surface area contributed by atoms with E-state index in [1.165, 1.54) is 16.7 Å². The van der Waals surface area contributed by atoms with Gasteiger partial charge < -0.3 is 4.42 Å². The standard InChI is InChI=1S/C34H25NO/c1-4-11-25(12-5-1)19-21-31(27-15-8-3-9-16-27)35-24-29-17-10-18-33-34(29)30-23-28(20-22-32(30)36-33)26-13-6-2-7-14-26/h1-18,20-24H,19H2/b31-21-,35-24?. The van der Waals surface area contributed by atoms with Gasteiger partial charge in [-0.1, -0.05) is 115 Å². The maximum absolute atomic E-state index is 6.20. The molecule has 0 radical (unpaired) electrons. The van der Waals surface area contributed by atoms with E-state index in [1.807, 2.05) is 36.5 Å². The van der Waals surface area contributed by atoms with Gasteiger partial charge in [0.2, 0.25) is 0 Å². The zero-order valence-corrected chi connectivity index (χ0v) is 19.8. The van der Waals surface area contributed by atoms with Gasteiger partial charge in [-0.05, 0) is 46.9 Å². The Morgan fingerprint density at radius 2 is 1.36 bits per heavy atom. The Morgan fingerprint density at radius 3 is 2.14 bits per heavy atom. The SMILES string of the molecule is C(=N/C(=C\Cc1ccccc1)c1ccccc1)c1cccc2oc3ccc(-c4ccccc4)cc3c12. The minimum absolute atomic E-state index is 0.821. The number of allylic oxidation sites excluding steroid dienone is 1. The molecule has 0 saturated carbocycles. The second kappa shape index (κ2) is 9.89. The molecule has 0 aliphatic heterocycles. The molecule has 0 fully saturated rings. The number of nitrogens with zero attached hydrogens (tertiary/aromatic N) is 1. The van der Waals surface area contributed by atoms with Crippen LogP contribution in [-0.2, 0) is 6.42 Å². The van der Waals surface area contributed by atoms with Crippen molar-refractivity contribution in [3.05, 3.63) is 150 Å². The smallest absolute Gasteiger partial charge is 0.136 e. The third kappa shape index (κ3) is 4.49. The Morgan fingerprint density at radius 1 is 0.639 bits per heavy atom. The van der Waals surface area contributed by atoms with Gasteiger partial charge in [-0.25, -0.2) is 0 Å². The van der Waals surface area contributed by atoms with E-state index in [-0.39, 0.29) is 0 Å². The maximum atomic E-state index is 6.20. The van der Waals surface area contributed by atoms with Gasteiger partial charge in [0.25, 0.3) is 0 Å². The van der Waals surface area contributed by atoms with Gasteiger partial charge in [-0.15, -0.1) is 0 Å². The van der Waals surface area contributed by atoms with Crippen LogP contribution in [0.5, 0.6) is 0 Å². The fraction of sp³-hybridized carbons (Fsp3) is 0.0294. The molecular formula is C34H25NO. The fourth-order valence-electron chi connectivity index (χ4n) is 4.59. The van der Waals surface area contributed by atoms with E-state index >= 15 is 0 Å². The Labute approximate surface area is 210 Å². The Bertz CT molecular complexity index is 1680. The van der Waals surface area contributed by atoms with Crippen molar-refractivity contribution < 1.29 is 4.42 Å². The van der Waals surface area contributed by atoms with Crippen LogP contribution in [0.4, 0.5) is 0 Å². The number of furan rings is 1. The molecule has 2 nitrogen and oxygen atoms in total. The molecule has 0 atom stereocenters. The molecule has 0 bridgehead atoms. The van der Waals surface area contributed by atoms with Gasteiger partial charge in [-0.3, -0.25) is 4.99 Å². The van der Waals surface area contributed by atoms with E-state index in [1.54, 1.807) is 0 Å². The zero-order valence-electron chi connectivity index (χ0n) is 19.8. The molecule has 6 aromatic rings. The molecule has 0 amide bonds. The minimum atomic E-state index is 0.821. The highest BCUT2D eigenvalue weighted by Crippen LogP contribution is 2.34. The molecule has 1 heterocycles. The predicted molar refractivity (Wildman–Crippen MR) is 151 cm³/mol. The molecule has 0 unspecified atom stereocenters. The van der Waals surface area contributed by atoms with Crippen LogP contribution in [0.25, 0.3) is 38.8 Å². The first-order valence-electron chi connectivity index (χ1n) is 12.2. The fourth-order valence-corrected chi connectivity index (χ4v) is 4.59. The normalized spacial score (nSPS) is 12.1. The van der Waals surface area contributed by atoms with E-state index in [2.05, 4.69) is 103 Å². The third-order valence-corrected chi connectivity index (χ3v) is 6.42. The number of aliphatic imine (C=N–C) groups is 1. The first kappa shape index (κ1) is 21.8. The number of benzene rings is 5. The van der Waals surface area contributed by atoms with E-state index in [9.17, 15) is 0 Å². The average Bonchev–Trinajstić information content (AvgIpc) is 3.33. The summed E-state index contributed by atoms with van der Waals surface area (Å²) in [5, 5.41) is 2.19. The number of rotatable bonds is 6. The first-order chi connectivity index (χ1) is 17.8.